The molecule has 0 amide bonds. The molecule has 4 nitrogen and oxygen atoms in total. The third-order valence-electron chi connectivity index (χ3n) is 3.19. The first-order valence-electron chi connectivity index (χ1n) is 6.43. The van der Waals surface area contributed by atoms with Crippen molar-refractivity contribution in [3.8, 4) is 0 Å². The summed E-state index contributed by atoms with van der Waals surface area (Å²) < 4.78 is 7.32. The van der Waals surface area contributed by atoms with Gasteiger partial charge in [-0.15, -0.1) is 0 Å². The molecule has 0 aliphatic heterocycles. The van der Waals surface area contributed by atoms with Crippen molar-refractivity contribution >= 4 is 16.7 Å². The summed E-state index contributed by atoms with van der Waals surface area (Å²) in [4.78, 5) is 4.55. The second-order valence-corrected chi connectivity index (χ2v) is 4.61. The number of aromatic nitrogens is 2. The van der Waals surface area contributed by atoms with Crippen LogP contribution in [0.1, 0.15) is 25.1 Å². The molecule has 0 atom stereocenters. The Bertz CT molecular complexity index is 519. The van der Waals surface area contributed by atoms with Gasteiger partial charge in [0.15, 0.2) is 0 Å². The fraction of sp³-hybridized carbons (Fsp3) is 0.500. The Labute approximate surface area is 108 Å². The van der Waals surface area contributed by atoms with Crippen LogP contribution in [0.4, 0.5) is 5.69 Å². The molecule has 0 bridgehead atoms. The standard InChI is InChI=1S/C14H21N3O/c1-11-16-13-10-12(15)6-7-14(13)17(11)8-4-3-5-9-18-2/h6-7,10H,3-5,8-9,15H2,1-2H3. The van der Waals surface area contributed by atoms with Gasteiger partial charge in [-0.1, -0.05) is 0 Å². The summed E-state index contributed by atoms with van der Waals surface area (Å²) in [5, 5.41) is 0. The van der Waals surface area contributed by atoms with E-state index in [4.69, 9.17) is 10.5 Å². The normalized spacial score (nSPS) is 11.2. The number of imidazole rings is 1. The molecular formula is C14H21N3O. The lowest BCUT2D eigenvalue weighted by Gasteiger charge is -2.06. The van der Waals surface area contributed by atoms with Crippen LogP contribution in [0.25, 0.3) is 11.0 Å². The smallest absolute Gasteiger partial charge is 0.106 e. The number of methoxy groups -OCH3 is 1. The largest absolute Gasteiger partial charge is 0.399 e. The zero-order valence-electron chi connectivity index (χ0n) is 11.1. The van der Waals surface area contributed by atoms with Crippen LogP contribution in [0.15, 0.2) is 18.2 Å². The van der Waals surface area contributed by atoms with Crippen LogP contribution in [0.2, 0.25) is 0 Å². The van der Waals surface area contributed by atoms with Crippen molar-refractivity contribution in [3.05, 3.63) is 24.0 Å². The molecule has 98 valence electrons. The number of ether oxygens (including phenoxy) is 1. The van der Waals surface area contributed by atoms with Crippen LogP contribution in [-0.2, 0) is 11.3 Å². The van der Waals surface area contributed by atoms with Crippen LogP contribution in [0, 0.1) is 6.92 Å². The molecule has 0 unspecified atom stereocenters. The first-order chi connectivity index (χ1) is 8.72. The van der Waals surface area contributed by atoms with E-state index >= 15 is 0 Å². The van der Waals surface area contributed by atoms with Gasteiger partial charge >= 0.3 is 0 Å². The van der Waals surface area contributed by atoms with E-state index in [1.807, 2.05) is 19.1 Å². The molecule has 1 aromatic heterocycles. The number of nitrogens with two attached hydrogens (primary N) is 1. The number of anilines is 1. The van der Waals surface area contributed by atoms with Gasteiger partial charge in [-0.3, -0.25) is 0 Å². The number of aryl methyl sites for hydroxylation is 2. The maximum Gasteiger partial charge on any atom is 0.106 e. The van der Waals surface area contributed by atoms with E-state index in [0.717, 1.165) is 43.0 Å². The fourth-order valence-corrected chi connectivity index (χ4v) is 2.24. The summed E-state index contributed by atoms with van der Waals surface area (Å²) >= 11 is 0. The third-order valence-corrected chi connectivity index (χ3v) is 3.19. The molecular weight excluding hydrogens is 226 g/mol. The number of nitrogen functional groups attached to an aromatic ring is 1. The van der Waals surface area contributed by atoms with Gasteiger partial charge in [0.05, 0.1) is 11.0 Å². The topological polar surface area (TPSA) is 53.1 Å². The number of nitrogens with zero attached hydrogens (tertiary/aromatic N) is 2. The number of rotatable bonds is 6. The van der Waals surface area contributed by atoms with Crippen LogP contribution in [0.3, 0.4) is 0 Å². The number of benzene rings is 1. The molecule has 0 saturated heterocycles. The lowest BCUT2D eigenvalue weighted by molar-refractivity contribution is 0.191. The summed E-state index contributed by atoms with van der Waals surface area (Å²) in [6.45, 7) is 3.90. The maximum absolute atomic E-state index is 5.78. The summed E-state index contributed by atoms with van der Waals surface area (Å²) in [6, 6.07) is 5.93. The molecule has 0 aliphatic carbocycles. The lowest BCUT2D eigenvalue weighted by atomic mass is 10.2. The first kappa shape index (κ1) is 12.9. The molecule has 1 heterocycles. The Hall–Kier alpha value is -1.55. The van der Waals surface area contributed by atoms with E-state index < -0.39 is 0 Å². The van der Waals surface area contributed by atoms with Crippen molar-refractivity contribution in [2.75, 3.05) is 19.5 Å². The van der Waals surface area contributed by atoms with Crippen molar-refractivity contribution in [1.29, 1.82) is 0 Å². The first-order valence-corrected chi connectivity index (χ1v) is 6.43. The molecule has 2 N–H and O–H groups in total. The van der Waals surface area contributed by atoms with Crippen LogP contribution in [-0.4, -0.2) is 23.3 Å². The zero-order valence-corrected chi connectivity index (χ0v) is 11.1. The van der Waals surface area contributed by atoms with Gasteiger partial charge < -0.3 is 15.0 Å². The highest BCUT2D eigenvalue weighted by atomic mass is 16.5. The summed E-state index contributed by atoms with van der Waals surface area (Å²) in [5.74, 6) is 1.06. The van der Waals surface area contributed by atoms with Crippen LogP contribution in [0.5, 0.6) is 0 Å². The lowest BCUT2D eigenvalue weighted by Crippen LogP contribution is -2.01. The average Bonchev–Trinajstić information content (AvgIpc) is 2.64. The SMILES string of the molecule is COCCCCCn1c(C)nc2cc(N)ccc21. The molecule has 18 heavy (non-hydrogen) atoms. The quantitative estimate of drug-likeness (QED) is 0.631. The Balaban J connectivity index is 2.05. The molecule has 2 aromatic rings. The Kier molecular flexibility index (Phi) is 4.20. The van der Waals surface area contributed by atoms with Gasteiger partial charge in [0.1, 0.15) is 5.82 Å². The fourth-order valence-electron chi connectivity index (χ4n) is 2.24. The minimum absolute atomic E-state index is 0.771. The highest BCUT2D eigenvalue weighted by Crippen LogP contribution is 2.19. The minimum Gasteiger partial charge on any atom is -0.399 e. The maximum atomic E-state index is 5.78. The molecule has 0 radical (unpaired) electrons. The van der Waals surface area contributed by atoms with E-state index in [2.05, 4.69) is 15.6 Å². The predicted octanol–water partition coefficient (Wildman–Crippen LogP) is 2.74. The number of unbranched alkanes of at least 4 members (excludes halogenated alkanes) is 2. The Morgan fingerprint density at radius 1 is 1.28 bits per heavy atom. The molecule has 1 aromatic carbocycles. The Morgan fingerprint density at radius 2 is 2.11 bits per heavy atom. The second-order valence-electron chi connectivity index (χ2n) is 4.61. The van der Waals surface area contributed by atoms with Crippen LogP contribution < -0.4 is 5.73 Å². The number of fused-ring (bicyclic) bond motifs is 1. The van der Waals surface area contributed by atoms with Crippen molar-refractivity contribution < 1.29 is 4.74 Å². The van der Waals surface area contributed by atoms with Gasteiger partial charge in [0.25, 0.3) is 0 Å². The summed E-state index contributed by atoms with van der Waals surface area (Å²) in [5.41, 5.74) is 8.71. The predicted molar refractivity (Wildman–Crippen MR) is 74.6 cm³/mol. The van der Waals surface area contributed by atoms with E-state index in [0.29, 0.717) is 0 Å². The summed E-state index contributed by atoms with van der Waals surface area (Å²) in [6.07, 6.45) is 3.46. The van der Waals surface area contributed by atoms with Gasteiger partial charge in [-0.25, -0.2) is 4.98 Å². The highest BCUT2D eigenvalue weighted by molar-refractivity contribution is 5.79. The molecule has 0 fully saturated rings. The number of hydrogen-bond acceptors (Lipinski definition) is 3. The molecule has 0 aliphatic rings. The van der Waals surface area contributed by atoms with Crippen molar-refractivity contribution in [1.82, 2.24) is 9.55 Å². The van der Waals surface area contributed by atoms with Gasteiger partial charge in [-0.2, -0.15) is 0 Å². The van der Waals surface area contributed by atoms with Crippen molar-refractivity contribution in [2.45, 2.75) is 32.7 Å². The van der Waals surface area contributed by atoms with Crippen molar-refractivity contribution in [2.24, 2.45) is 0 Å². The summed E-state index contributed by atoms with van der Waals surface area (Å²) in [7, 11) is 1.75. The molecule has 4 heteroatoms. The van der Waals surface area contributed by atoms with Crippen LogP contribution >= 0.6 is 0 Å². The van der Waals surface area contributed by atoms with E-state index in [9.17, 15) is 0 Å². The van der Waals surface area contributed by atoms with Gasteiger partial charge in [0.2, 0.25) is 0 Å². The monoisotopic (exact) mass is 247 g/mol. The van der Waals surface area contributed by atoms with E-state index in [-0.39, 0.29) is 0 Å². The van der Waals surface area contributed by atoms with Gasteiger partial charge in [0, 0.05) is 25.9 Å². The second kappa shape index (κ2) is 5.87. The third kappa shape index (κ3) is 2.82. The van der Waals surface area contributed by atoms with E-state index in [1.165, 1.54) is 11.9 Å². The van der Waals surface area contributed by atoms with E-state index in [1.54, 1.807) is 7.11 Å². The minimum atomic E-state index is 0.771. The molecule has 2 rings (SSSR count). The Morgan fingerprint density at radius 3 is 2.89 bits per heavy atom. The molecule has 0 spiro atoms. The van der Waals surface area contributed by atoms with Crippen molar-refractivity contribution in [3.63, 3.8) is 0 Å². The zero-order chi connectivity index (χ0) is 13.0. The van der Waals surface area contributed by atoms with Gasteiger partial charge in [-0.05, 0) is 44.4 Å². The number of hydrogen-bond donors (Lipinski definition) is 1. The average molecular weight is 247 g/mol. The highest BCUT2D eigenvalue weighted by Gasteiger charge is 2.06. The molecule has 0 saturated carbocycles.